The minimum atomic E-state index is 0.619. The first-order chi connectivity index (χ1) is 25.7. The maximum atomic E-state index is 6.33. The van der Waals surface area contributed by atoms with Crippen LogP contribution in [0.15, 0.2) is 168 Å². The SMILES string of the molecule is c1ccc2cc(-c3ccc(-c4nc(-c5ccc6oc7cc8ccccc8cc7c6c5)nc(-c5cccc6c5sc5ccccc56)n4)cc3)ccc2c1. The van der Waals surface area contributed by atoms with E-state index < -0.39 is 0 Å². The highest BCUT2D eigenvalue weighted by Crippen LogP contribution is 2.40. The van der Waals surface area contributed by atoms with Gasteiger partial charge in [0.2, 0.25) is 0 Å². The van der Waals surface area contributed by atoms with Crippen LogP contribution in [-0.4, -0.2) is 15.0 Å². The molecule has 0 atom stereocenters. The summed E-state index contributed by atoms with van der Waals surface area (Å²) >= 11 is 1.78. The average molecular weight is 682 g/mol. The molecule has 4 nitrogen and oxygen atoms in total. The van der Waals surface area contributed by atoms with E-state index in [9.17, 15) is 0 Å². The van der Waals surface area contributed by atoms with E-state index >= 15 is 0 Å². The molecule has 11 rings (SSSR count). The molecule has 0 amide bonds. The van der Waals surface area contributed by atoms with Crippen LogP contribution in [0.2, 0.25) is 0 Å². The third-order valence-corrected chi connectivity index (χ3v) is 11.3. The highest BCUT2D eigenvalue weighted by atomic mass is 32.1. The molecular formula is C47H27N3OS. The average Bonchev–Trinajstić information content (AvgIpc) is 3.77. The van der Waals surface area contributed by atoms with E-state index in [2.05, 4.69) is 158 Å². The number of hydrogen-bond acceptors (Lipinski definition) is 5. The molecule has 0 aliphatic carbocycles. The molecule has 0 bridgehead atoms. The maximum absolute atomic E-state index is 6.33. The Morgan fingerprint density at radius 2 is 0.981 bits per heavy atom. The molecular weight excluding hydrogens is 655 g/mol. The lowest BCUT2D eigenvalue weighted by Crippen LogP contribution is -2.00. The lowest BCUT2D eigenvalue weighted by molar-refractivity contribution is 0.669. The van der Waals surface area contributed by atoms with Crippen molar-refractivity contribution in [3.63, 3.8) is 0 Å². The Labute approximate surface area is 302 Å². The van der Waals surface area contributed by atoms with Crippen LogP contribution < -0.4 is 0 Å². The summed E-state index contributed by atoms with van der Waals surface area (Å²) in [6.07, 6.45) is 0. The molecule has 52 heavy (non-hydrogen) atoms. The molecule has 0 radical (unpaired) electrons. The Kier molecular flexibility index (Phi) is 6.39. The summed E-state index contributed by atoms with van der Waals surface area (Å²) in [5.41, 5.74) is 6.85. The molecule has 242 valence electrons. The van der Waals surface area contributed by atoms with Crippen molar-refractivity contribution in [2.24, 2.45) is 0 Å². The van der Waals surface area contributed by atoms with Gasteiger partial charge in [-0.2, -0.15) is 0 Å². The number of thiophene rings is 1. The van der Waals surface area contributed by atoms with Crippen LogP contribution in [0.5, 0.6) is 0 Å². The van der Waals surface area contributed by atoms with E-state index in [0.717, 1.165) is 49.6 Å². The number of fused-ring (bicyclic) bond motifs is 8. The fourth-order valence-corrected chi connectivity index (χ4v) is 8.67. The van der Waals surface area contributed by atoms with Crippen LogP contribution in [0, 0.1) is 0 Å². The van der Waals surface area contributed by atoms with Gasteiger partial charge in [0.1, 0.15) is 11.2 Å². The second-order valence-corrected chi connectivity index (χ2v) is 14.3. The second-order valence-electron chi connectivity index (χ2n) is 13.2. The van der Waals surface area contributed by atoms with E-state index in [-0.39, 0.29) is 0 Å². The number of nitrogens with zero attached hydrogens (tertiary/aromatic N) is 3. The van der Waals surface area contributed by atoms with Crippen molar-refractivity contribution < 1.29 is 4.42 Å². The van der Waals surface area contributed by atoms with Gasteiger partial charge in [-0.1, -0.05) is 115 Å². The van der Waals surface area contributed by atoms with Crippen LogP contribution in [0.25, 0.3) is 109 Å². The van der Waals surface area contributed by atoms with Crippen LogP contribution in [0.3, 0.4) is 0 Å². The fourth-order valence-electron chi connectivity index (χ4n) is 7.46. The molecule has 0 spiro atoms. The highest BCUT2D eigenvalue weighted by Gasteiger charge is 2.18. The van der Waals surface area contributed by atoms with Gasteiger partial charge in [-0.3, -0.25) is 0 Å². The smallest absolute Gasteiger partial charge is 0.165 e. The summed E-state index contributed by atoms with van der Waals surface area (Å²) in [7, 11) is 0. The van der Waals surface area contributed by atoms with Crippen molar-refractivity contribution in [1.82, 2.24) is 15.0 Å². The lowest BCUT2D eigenvalue weighted by Gasteiger charge is -2.10. The van der Waals surface area contributed by atoms with E-state index in [1.54, 1.807) is 11.3 Å². The van der Waals surface area contributed by atoms with Gasteiger partial charge < -0.3 is 4.42 Å². The summed E-state index contributed by atoms with van der Waals surface area (Å²) in [6.45, 7) is 0. The molecule has 0 aliphatic heterocycles. The van der Waals surface area contributed by atoms with Gasteiger partial charge in [-0.05, 0) is 81.2 Å². The van der Waals surface area contributed by atoms with Gasteiger partial charge in [0.25, 0.3) is 0 Å². The molecule has 0 saturated carbocycles. The van der Waals surface area contributed by atoms with Crippen LogP contribution in [-0.2, 0) is 0 Å². The predicted molar refractivity (Wildman–Crippen MR) is 217 cm³/mol. The van der Waals surface area contributed by atoms with Crippen molar-refractivity contribution in [2.45, 2.75) is 0 Å². The first-order valence-electron chi connectivity index (χ1n) is 17.3. The molecule has 5 heteroatoms. The van der Waals surface area contributed by atoms with Crippen LogP contribution in [0.1, 0.15) is 0 Å². The predicted octanol–water partition coefficient (Wildman–Crippen LogP) is 13.1. The van der Waals surface area contributed by atoms with Crippen molar-refractivity contribution in [2.75, 3.05) is 0 Å². The van der Waals surface area contributed by atoms with E-state index in [1.165, 1.54) is 41.9 Å². The molecule has 8 aromatic carbocycles. The molecule has 3 aromatic heterocycles. The number of benzene rings is 8. The highest BCUT2D eigenvalue weighted by molar-refractivity contribution is 7.26. The zero-order valence-corrected chi connectivity index (χ0v) is 28.6. The Balaban J connectivity index is 1.09. The molecule has 11 aromatic rings. The van der Waals surface area contributed by atoms with Crippen molar-refractivity contribution in [1.29, 1.82) is 0 Å². The summed E-state index contributed by atoms with van der Waals surface area (Å²) in [5.74, 6) is 1.90. The second kappa shape index (κ2) is 11.4. The third-order valence-electron chi connectivity index (χ3n) is 10.1. The van der Waals surface area contributed by atoms with Gasteiger partial charge in [0.05, 0.1) is 0 Å². The Morgan fingerprint density at radius 1 is 0.365 bits per heavy atom. The number of hydrogen-bond donors (Lipinski definition) is 0. The Bertz CT molecular complexity index is 3190. The first-order valence-corrected chi connectivity index (χ1v) is 18.2. The summed E-state index contributed by atoms with van der Waals surface area (Å²) in [6, 6.07) is 57.5. The Hall–Kier alpha value is -6.69. The topological polar surface area (TPSA) is 51.8 Å². The summed E-state index contributed by atoms with van der Waals surface area (Å²) in [5, 5.41) is 9.35. The third kappa shape index (κ3) is 4.71. The van der Waals surface area contributed by atoms with Gasteiger partial charge in [-0.15, -0.1) is 11.3 Å². The number of furan rings is 1. The van der Waals surface area contributed by atoms with Gasteiger partial charge in [0, 0.05) is 47.6 Å². The largest absolute Gasteiger partial charge is 0.456 e. The van der Waals surface area contributed by atoms with Crippen molar-refractivity contribution in [3.8, 4) is 45.3 Å². The molecule has 0 fully saturated rings. The van der Waals surface area contributed by atoms with Gasteiger partial charge in [-0.25, -0.2) is 15.0 Å². The molecule has 3 heterocycles. The zero-order chi connectivity index (χ0) is 34.2. The number of rotatable bonds is 4. The molecule has 0 unspecified atom stereocenters. The quantitative estimate of drug-likeness (QED) is 0.185. The minimum Gasteiger partial charge on any atom is -0.456 e. The van der Waals surface area contributed by atoms with Crippen LogP contribution in [0.4, 0.5) is 0 Å². The van der Waals surface area contributed by atoms with Crippen molar-refractivity contribution >= 4 is 75.0 Å². The standard InChI is InChI=1S/C47H27N3OS/c1-2-9-31-24-34(21-18-28(31)8-1)29-16-19-30(20-17-29)45-48-46(50-47(49-45)38-14-7-13-37-36-12-5-6-15-43(36)52-44(37)38)35-22-23-41-39(26-35)40-25-32-10-3-4-11-33(32)27-42(40)51-41/h1-27H. The van der Waals surface area contributed by atoms with E-state index in [4.69, 9.17) is 19.4 Å². The first kappa shape index (κ1) is 29.1. The van der Waals surface area contributed by atoms with Gasteiger partial charge in [0.15, 0.2) is 17.5 Å². The normalized spacial score (nSPS) is 11.8. The fraction of sp³-hybridized carbons (Fsp3) is 0. The van der Waals surface area contributed by atoms with Gasteiger partial charge >= 0.3 is 0 Å². The maximum Gasteiger partial charge on any atom is 0.165 e. The van der Waals surface area contributed by atoms with Crippen LogP contribution >= 0.6 is 11.3 Å². The number of aromatic nitrogens is 3. The molecule has 0 N–H and O–H groups in total. The minimum absolute atomic E-state index is 0.619. The summed E-state index contributed by atoms with van der Waals surface area (Å²) in [4.78, 5) is 15.5. The molecule has 0 saturated heterocycles. The zero-order valence-electron chi connectivity index (χ0n) is 27.7. The Morgan fingerprint density at radius 3 is 1.83 bits per heavy atom. The monoisotopic (exact) mass is 681 g/mol. The van der Waals surface area contributed by atoms with E-state index in [1.807, 2.05) is 6.07 Å². The van der Waals surface area contributed by atoms with E-state index in [0.29, 0.717) is 17.5 Å². The lowest BCUT2D eigenvalue weighted by atomic mass is 10.00. The molecule has 0 aliphatic rings. The summed E-state index contributed by atoms with van der Waals surface area (Å²) < 4.78 is 8.75. The van der Waals surface area contributed by atoms with Crippen molar-refractivity contribution in [3.05, 3.63) is 164 Å².